The summed E-state index contributed by atoms with van der Waals surface area (Å²) in [5, 5.41) is 11.1. The van der Waals surface area contributed by atoms with E-state index in [2.05, 4.69) is 5.32 Å². The molecule has 0 radical (unpaired) electrons. The van der Waals surface area contributed by atoms with Crippen molar-refractivity contribution in [2.45, 2.75) is 45.4 Å². The molecule has 0 unspecified atom stereocenters. The molecular formula is C12H19NO3. The van der Waals surface area contributed by atoms with Crippen LogP contribution in [0.1, 0.15) is 45.4 Å². The topological polar surface area (TPSA) is 66.4 Å². The first kappa shape index (κ1) is 12.7. The van der Waals surface area contributed by atoms with E-state index in [0.29, 0.717) is 12.3 Å². The Kier molecular flexibility index (Phi) is 5.02. The highest BCUT2D eigenvalue weighted by Crippen LogP contribution is 2.28. The van der Waals surface area contributed by atoms with Gasteiger partial charge in [-0.1, -0.05) is 31.8 Å². The lowest BCUT2D eigenvalue weighted by Crippen LogP contribution is -2.27. The van der Waals surface area contributed by atoms with E-state index in [9.17, 15) is 9.59 Å². The van der Waals surface area contributed by atoms with Crippen molar-refractivity contribution < 1.29 is 14.7 Å². The number of carbonyl (C=O) groups excluding carboxylic acids is 1. The molecule has 0 atom stereocenters. The maximum atomic E-state index is 11.5. The number of amides is 1. The van der Waals surface area contributed by atoms with Gasteiger partial charge in [-0.15, -0.1) is 0 Å². The van der Waals surface area contributed by atoms with E-state index in [1.54, 1.807) is 6.92 Å². The van der Waals surface area contributed by atoms with Crippen LogP contribution in [0.25, 0.3) is 0 Å². The number of hydrogen-bond donors (Lipinski definition) is 2. The molecule has 1 aliphatic carbocycles. The summed E-state index contributed by atoms with van der Waals surface area (Å²) in [4.78, 5) is 22.1. The minimum atomic E-state index is -1.09. The van der Waals surface area contributed by atoms with E-state index in [4.69, 9.17) is 5.11 Å². The second-order valence-corrected chi connectivity index (χ2v) is 4.24. The van der Waals surface area contributed by atoms with Crippen LogP contribution in [0.15, 0.2) is 11.8 Å². The third-order valence-corrected chi connectivity index (χ3v) is 3.05. The second kappa shape index (κ2) is 6.30. The van der Waals surface area contributed by atoms with E-state index in [1.165, 1.54) is 31.8 Å². The highest BCUT2D eigenvalue weighted by atomic mass is 16.4. The molecule has 1 fully saturated rings. The van der Waals surface area contributed by atoms with Gasteiger partial charge in [-0.05, 0) is 19.3 Å². The van der Waals surface area contributed by atoms with E-state index < -0.39 is 5.97 Å². The lowest BCUT2D eigenvalue weighted by molar-refractivity contribution is -0.134. The average Bonchev–Trinajstić information content (AvgIpc) is 2.75. The summed E-state index contributed by atoms with van der Waals surface area (Å²) in [6, 6.07) is 0. The Balaban J connectivity index is 2.27. The van der Waals surface area contributed by atoms with Gasteiger partial charge in [0.25, 0.3) is 0 Å². The maximum absolute atomic E-state index is 11.5. The zero-order valence-electron chi connectivity index (χ0n) is 9.66. The molecule has 0 heterocycles. The van der Waals surface area contributed by atoms with Crippen LogP contribution in [0.3, 0.4) is 0 Å². The first-order valence-corrected chi connectivity index (χ1v) is 5.83. The summed E-state index contributed by atoms with van der Waals surface area (Å²) < 4.78 is 0. The molecule has 0 spiro atoms. The summed E-state index contributed by atoms with van der Waals surface area (Å²) in [7, 11) is 0. The molecule has 90 valence electrons. The molecule has 1 saturated carbocycles. The van der Waals surface area contributed by atoms with E-state index in [0.717, 1.165) is 6.42 Å². The van der Waals surface area contributed by atoms with Crippen molar-refractivity contribution in [3.8, 4) is 0 Å². The Morgan fingerprint density at radius 1 is 1.38 bits per heavy atom. The van der Waals surface area contributed by atoms with Crippen molar-refractivity contribution in [2.75, 3.05) is 0 Å². The lowest BCUT2D eigenvalue weighted by atomic mass is 10.0. The molecule has 0 aromatic heterocycles. The molecule has 1 rings (SSSR count). The molecule has 4 nitrogen and oxygen atoms in total. The zero-order valence-corrected chi connectivity index (χ0v) is 9.66. The van der Waals surface area contributed by atoms with Crippen LogP contribution < -0.4 is 5.32 Å². The molecule has 0 aromatic rings. The van der Waals surface area contributed by atoms with Gasteiger partial charge in [-0.25, -0.2) is 4.79 Å². The molecule has 0 saturated heterocycles. The summed E-state index contributed by atoms with van der Waals surface area (Å²) in [5.74, 6) is -0.622. The van der Waals surface area contributed by atoms with Crippen LogP contribution in [0.5, 0.6) is 0 Å². The van der Waals surface area contributed by atoms with Gasteiger partial charge in [0, 0.05) is 6.42 Å². The molecule has 0 bridgehead atoms. The first-order valence-electron chi connectivity index (χ1n) is 5.83. The summed E-state index contributed by atoms with van der Waals surface area (Å²) in [5.41, 5.74) is -0.0311. The van der Waals surface area contributed by atoms with Gasteiger partial charge in [0.1, 0.15) is 5.70 Å². The van der Waals surface area contributed by atoms with Gasteiger partial charge in [0.2, 0.25) is 5.91 Å². The van der Waals surface area contributed by atoms with Crippen molar-refractivity contribution in [1.82, 2.24) is 5.32 Å². The quantitative estimate of drug-likeness (QED) is 0.704. The van der Waals surface area contributed by atoms with E-state index in [1.807, 2.05) is 0 Å². The van der Waals surface area contributed by atoms with Crippen LogP contribution in [0.2, 0.25) is 0 Å². The van der Waals surface area contributed by atoms with Crippen LogP contribution in [0.4, 0.5) is 0 Å². The van der Waals surface area contributed by atoms with Crippen LogP contribution in [0, 0.1) is 5.92 Å². The predicted molar refractivity (Wildman–Crippen MR) is 60.7 cm³/mol. The molecular weight excluding hydrogens is 206 g/mol. The molecule has 1 amide bonds. The largest absolute Gasteiger partial charge is 0.477 e. The predicted octanol–water partition coefficient (Wildman–Crippen LogP) is 2.06. The van der Waals surface area contributed by atoms with Gasteiger partial charge in [-0.3, -0.25) is 4.79 Å². The molecule has 2 N–H and O–H groups in total. The van der Waals surface area contributed by atoms with Crippen LogP contribution in [-0.2, 0) is 9.59 Å². The van der Waals surface area contributed by atoms with Crippen molar-refractivity contribution in [1.29, 1.82) is 0 Å². The Morgan fingerprint density at radius 2 is 2.00 bits per heavy atom. The number of hydrogen-bond acceptors (Lipinski definition) is 2. The number of carboxylic acids is 1. The Morgan fingerprint density at radius 3 is 2.50 bits per heavy atom. The zero-order chi connectivity index (χ0) is 12.0. The Bertz CT molecular complexity index is 291. The van der Waals surface area contributed by atoms with Crippen LogP contribution in [-0.4, -0.2) is 17.0 Å². The summed E-state index contributed by atoms with van der Waals surface area (Å²) >= 11 is 0. The van der Waals surface area contributed by atoms with Crippen molar-refractivity contribution in [2.24, 2.45) is 5.92 Å². The third kappa shape index (κ3) is 4.04. The van der Waals surface area contributed by atoms with Crippen molar-refractivity contribution >= 4 is 11.9 Å². The number of rotatable bonds is 5. The monoisotopic (exact) mass is 225 g/mol. The van der Waals surface area contributed by atoms with Gasteiger partial charge >= 0.3 is 5.97 Å². The van der Waals surface area contributed by atoms with Gasteiger partial charge in [0.15, 0.2) is 0 Å². The van der Waals surface area contributed by atoms with Crippen LogP contribution >= 0.6 is 0 Å². The van der Waals surface area contributed by atoms with Gasteiger partial charge in [0.05, 0.1) is 0 Å². The average molecular weight is 225 g/mol. The highest BCUT2D eigenvalue weighted by molar-refractivity contribution is 5.92. The van der Waals surface area contributed by atoms with Gasteiger partial charge in [-0.2, -0.15) is 0 Å². The normalized spacial score (nSPS) is 17.4. The van der Waals surface area contributed by atoms with E-state index in [-0.39, 0.29) is 11.6 Å². The number of nitrogens with one attached hydrogen (secondary N) is 1. The second-order valence-electron chi connectivity index (χ2n) is 4.24. The number of aliphatic carboxylic acids is 1. The minimum Gasteiger partial charge on any atom is -0.477 e. The fraction of sp³-hybridized carbons (Fsp3) is 0.667. The standard InChI is InChI=1S/C12H19NO3/c1-2-10(12(15)16)13-11(14)8-7-9-5-3-4-6-9/h2,9H,3-8H2,1H3,(H,13,14)(H,15,16)/b10-2+. The molecule has 16 heavy (non-hydrogen) atoms. The number of carboxylic acid groups (broad SMARTS) is 1. The smallest absolute Gasteiger partial charge is 0.352 e. The Hall–Kier alpha value is -1.32. The molecule has 0 aliphatic heterocycles. The number of allylic oxidation sites excluding steroid dienone is 1. The molecule has 4 heteroatoms. The fourth-order valence-electron chi connectivity index (χ4n) is 2.10. The van der Waals surface area contributed by atoms with Crippen molar-refractivity contribution in [3.05, 3.63) is 11.8 Å². The maximum Gasteiger partial charge on any atom is 0.352 e. The SMILES string of the molecule is C/C=C(/NC(=O)CCC1CCCC1)C(=O)O. The molecule has 0 aromatic carbocycles. The summed E-state index contributed by atoms with van der Waals surface area (Å²) in [6.45, 7) is 1.60. The Labute approximate surface area is 95.7 Å². The minimum absolute atomic E-state index is 0.0311. The summed E-state index contributed by atoms with van der Waals surface area (Å²) in [6.07, 6.45) is 7.65. The van der Waals surface area contributed by atoms with Gasteiger partial charge < -0.3 is 10.4 Å². The third-order valence-electron chi connectivity index (χ3n) is 3.05. The highest BCUT2D eigenvalue weighted by Gasteiger charge is 2.17. The molecule has 1 aliphatic rings. The van der Waals surface area contributed by atoms with Crippen molar-refractivity contribution in [3.63, 3.8) is 0 Å². The first-order chi connectivity index (χ1) is 7.63. The number of carbonyl (C=O) groups is 2. The fourth-order valence-corrected chi connectivity index (χ4v) is 2.10. The lowest BCUT2D eigenvalue weighted by Gasteiger charge is -2.09. The van der Waals surface area contributed by atoms with E-state index >= 15 is 0 Å².